The highest BCUT2D eigenvalue weighted by molar-refractivity contribution is 7.99. The predicted molar refractivity (Wildman–Crippen MR) is 67.5 cm³/mol. The fourth-order valence-electron chi connectivity index (χ4n) is 2.35. The van der Waals surface area contributed by atoms with Crippen molar-refractivity contribution in [1.29, 1.82) is 0 Å². The number of amides is 1. The zero-order valence-corrected chi connectivity index (χ0v) is 10.4. The molecule has 17 heavy (non-hydrogen) atoms. The molecular formula is C13H15NO2S. The number of nitrogens with one attached hydrogen (secondary N) is 1. The van der Waals surface area contributed by atoms with Gasteiger partial charge in [0.25, 0.3) is 0 Å². The van der Waals surface area contributed by atoms with E-state index < -0.39 is 0 Å². The number of hydrogen-bond acceptors (Lipinski definition) is 3. The SMILES string of the molecule is O=C1N[C@@H](CSc2ccc3c(c2)CCC3)CO1. The van der Waals surface area contributed by atoms with Gasteiger partial charge in [0.05, 0.1) is 6.04 Å². The zero-order chi connectivity index (χ0) is 11.7. The minimum Gasteiger partial charge on any atom is -0.447 e. The number of fused-ring (bicyclic) bond motifs is 1. The van der Waals surface area contributed by atoms with Gasteiger partial charge < -0.3 is 10.1 Å². The minimum absolute atomic E-state index is 0.153. The molecule has 4 heteroatoms. The van der Waals surface area contributed by atoms with Crippen LogP contribution < -0.4 is 5.32 Å². The Morgan fingerprint density at radius 3 is 3.06 bits per heavy atom. The van der Waals surface area contributed by atoms with Crippen LogP contribution in [0.2, 0.25) is 0 Å². The summed E-state index contributed by atoms with van der Waals surface area (Å²) in [5, 5.41) is 2.79. The average molecular weight is 249 g/mol. The molecule has 0 spiro atoms. The lowest BCUT2D eigenvalue weighted by Crippen LogP contribution is -2.28. The van der Waals surface area contributed by atoms with Crippen molar-refractivity contribution < 1.29 is 9.53 Å². The van der Waals surface area contributed by atoms with E-state index in [1.54, 1.807) is 11.8 Å². The Balaban J connectivity index is 1.60. The van der Waals surface area contributed by atoms with E-state index in [-0.39, 0.29) is 12.1 Å². The Labute approximate surface area is 105 Å². The molecule has 1 N–H and O–H groups in total. The molecule has 3 nitrogen and oxygen atoms in total. The van der Waals surface area contributed by atoms with Gasteiger partial charge in [-0.1, -0.05) is 6.07 Å². The van der Waals surface area contributed by atoms with Gasteiger partial charge in [-0.15, -0.1) is 11.8 Å². The zero-order valence-electron chi connectivity index (χ0n) is 9.57. The molecule has 1 saturated heterocycles. The summed E-state index contributed by atoms with van der Waals surface area (Å²) in [6, 6.07) is 6.88. The number of hydrogen-bond donors (Lipinski definition) is 1. The van der Waals surface area contributed by atoms with Crippen LogP contribution in [-0.2, 0) is 17.6 Å². The first-order valence-corrected chi connectivity index (χ1v) is 6.98. The molecule has 90 valence electrons. The summed E-state index contributed by atoms with van der Waals surface area (Å²) in [5.41, 5.74) is 3.01. The predicted octanol–water partition coefficient (Wildman–Crippen LogP) is 2.38. The van der Waals surface area contributed by atoms with Gasteiger partial charge in [0.2, 0.25) is 0 Å². The molecule has 1 aromatic rings. The molecular weight excluding hydrogens is 234 g/mol. The molecule has 3 rings (SSSR count). The van der Waals surface area contributed by atoms with E-state index in [1.807, 2.05) is 0 Å². The number of alkyl carbamates (subject to hydrolysis) is 1. The van der Waals surface area contributed by atoms with Gasteiger partial charge >= 0.3 is 6.09 Å². The summed E-state index contributed by atoms with van der Waals surface area (Å²) in [5.74, 6) is 0.879. The maximum Gasteiger partial charge on any atom is 0.407 e. The van der Waals surface area contributed by atoms with E-state index in [2.05, 4.69) is 23.5 Å². The van der Waals surface area contributed by atoms with E-state index in [0.29, 0.717) is 6.61 Å². The van der Waals surface area contributed by atoms with Gasteiger partial charge in [0.1, 0.15) is 6.61 Å². The number of thioether (sulfide) groups is 1. The first-order valence-electron chi connectivity index (χ1n) is 5.99. The lowest BCUT2D eigenvalue weighted by molar-refractivity contribution is 0.177. The lowest BCUT2D eigenvalue weighted by atomic mass is 10.1. The van der Waals surface area contributed by atoms with Crippen LogP contribution in [0.1, 0.15) is 17.5 Å². The summed E-state index contributed by atoms with van der Waals surface area (Å²) in [4.78, 5) is 12.2. The van der Waals surface area contributed by atoms with Crippen LogP contribution in [0.4, 0.5) is 4.79 Å². The first kappa shape index (κ1) is 11.0. The van der Waals surface area contributed by atoms with Gasteiger partial charge in [0, 0.05) is 10.6 Å². The molecule has 1 aliphatic carbocycles. The van der Waals surface area contributed by atoms with Crippen molar-refractivity contribution in [2.45, 2.75) is 30.2 Å². The van der Waals surface area contributed by atoms with Crippen molar-refractivity contribution in [3.63, 3.8) is 0 Å². The molecule has 0 unspecified atom stereocenters. The topological polar surface area (TPSA) is 38.3 Å². The number of benzene rings is 1. The summed E-state index contributed by atoms with van der Waals surface area (Å²) < 4.78 is 4.86. The van der Waals surface area contributed by atoms with E-state index in [0.717, 1.165) is 5.75 Å². The first-order chi connectivity index (χ1) is 8.31. The molecule has 0 aromatic heterocycles. The Morgan fingerprint density at radius 1 is 1.35 bits per heavy atom. The number of rotatable bonds is 3. The number of carbonyl (C=O) groups is 1. The standard InChI is InChI=1S/C13H15NO2S/c15-13-14-11(7-16-13)8-17-12-5-4-9-2-1-3-10(9)6-12/h4-6,11H,1-3,7-8H2,(H,14,15)/t11-/m1/s1. The molecule has 1 amide bonds. The van der Waals surface area contributed by atoms with Crippen molar-refractivity contribution in [3.8, 4) is 0 Å². The summed E-state index contributed by atoms with van der Waals surface area (Å²) in [6.45, 7) is 0.497. The second kappa shape index (κ2) is 4.61. The van der Waals surface area contributed by atoms with Crippen LogP contribution in [0, 0.1) is 0 Å². The molecule has 1 aromatic carbocycles. The molecule has 0 bridgehead atoms. The molecule has 1 atom stereocenters. The van der Waals surface area contributed by atoms with Crippen molar-refractivity contribution in [3.05, 3.63) is 29.3 Å². The number of ether oxygens (including phenoxy) is 1. The van der Waals surface area contributed by atoms with E-state index in [9.17, 15) is 4.79 Å². The lowest BCUT2D eigenvalue weighted by Gasteiger charge is -2.08. The molecule has 1 aliphatic heterocycles. The van der Waals surface area contributed by atoms with Gasteiger partial charge in [-0.25, -0.2) is 4.79 Å². The molecule has 2 aliphatic rings. The maximum atomic E-state index is 10.9. The molecule has 0 saturated carbocycles. The summed E-state index contributed by atoms with van der Waals surface area (Å²) >= 11 is 1.79. The highest BCUT2D eigenvalue weighted by atomic mass is 32.2. The van der Waals surface area contributed by atoms with Gasteiger partial charge in [-0.05, 0) is 42.5 Å². The Kier molecular flexibility index (Phi) is 2.97. The Morgan fingerprint density at radius 2 is 2.24 bits per heavy atom. The minimum atomic E-state index is -0.287. The van der Waals surface area contributed by atoms with Crippen molar-refractivity contribution in [2.24, 2.45) is 0 Å². The van der Waals surface area contributed by atoms with Crippen molar-refractivity contribution in [2.75, 3.05) is 12.4 Å². The van der Waals surface area contributed by atoms with Crippen molar-refractivity contribution in [1.82, 2.24) is 5.32 Å². The second-order valence-electron chi connectivity index (χ2n) is 4.53. The van der Waals surface area contributed by atoms with E-state index >= 15 is 0 Å². The number of aryl methyl sites for hydroxylation is 2. The smallest absolute Gasteiger partial charge is 0.407 e. The molecule has 1 fully saturated rings. The van der Waals surface area contributed by atoms with Crippen LogP contribution in [0.15, 0.2) is 23.1 Å². The summed E-state index contributed by atoms with van der Waals surface area (Å²) in [7, 11) is 0. The second-order valence-corrected chi connectivity index (χ2v) is 5.63. The fraction of sp³-hybridized carbons (Fsp3) is 0.462. The quantitative estimate of drug-likeness (QED) is 0.836. The largest absolute Gasteiger partial charge is 0.447 e. The van der Waals surface area contributed by atoms with Crippen LogP contribution in [-0.4, -0.2) is 24.5 Å². The average Bonchev–Trinajstić information content (AvgIpc) is 2.94. The Bertz CT molecular complexity index is 447. The van der Waals surface area contributed by atoms with Crippen LogP contribution in [0.25, 0.3) is 0 Å². The van der Waals surface area contributed by atoms with E-state index in [4.69, 9.17) is 4.74 Å². The van der Waals surface area contributed by atoms with Crippen molar-refractivity contribution >= 4 is 17.9 Å². The third-order valence-corrected chi connectivity index (χ3v) is 4.42. The van der Waals surface area contributed by atoms with E-state index in [1.165, 1.54) is 35.3 Å². The van der Waals surface area contributed by atoms with Crippen LogP contribution in [0.3, 0.4) is 0 Å². The third-order valence-electron chi connectivity index (χ3n) is 3.26. The van der Waals surface area contributed by atoms with Gasteiger partial charge in [-0.2, -0.15) is 0 Å². The number of carbonyl (C=O) groups excluding carboxylic acids is 1. The third kappa shape index (κ3) is 2.41. The maximum absolute atomic E-state index is 10.9. The molecule has 1 heterocycles. The normalized spacial score (nSPS) is 22.1. The monoisotopic (exact) mass is 249 g/mol. The van der Waals surface area contributed by atoms with Crippen LogP contribution in [0.5, 0.6) is 0 Å². The highest BCUT2D eigenvalue weighted by Crippen LogP contribution is 2.28. The van der Waals surface area contributed by atoms with Gasteiger partial charge in [0.15, 0.2) is 0 Å². The Hall–Kier alpha value is -1.16. The summed E-state index contributed by atoms with van der Waals surface area (Å²) in [6.07, 6.45) is 3.44. The number of cyclic esters (lactones) is 1. The van der Waals surface area contributed by atoms with Gasteiger partial charge in [-0.3, -0.25) is 0 Å². The molecule has 0 radical (unpaired) electrons. The highest BCUT2D eigenvalue weighted by Gasteiger charge is 2.22. The fourth-order valence-corrected chi connectivity index (χ4v) is 3.31. The van der Waals surface area contributed by atoms with Crippen LogP contribution >= 0.6 is 11.8 Å².